The number of pyridine rings is 1. The predicted octanol–water partition coefficient (Wildman–Crippen LogP) is -0.694. The van der Waals surface area contributed by atoms with Crippen LogP contribution in [0.3, 0.4) is 0 Å². The van der Waals surface area contributed by atoms with Crippen LogP contribution in [0, 0.1) is 0 Å². The number of aromatic nitrogens is 1. The Balaban J connectivity index is 3.06. The molecule has 0 saturated heterocycles. The van der Waals surface area contributed by atoms with Crippen molar-refractivity contribution in [3.8, 4) is 0 Å². The fourth-order valence-electron chi connectivity index (χ4n) is 0.673. The van der Waals surface area contributed by atoms with Crippen LogP contribution in [-0.4, -0.2) is 16.3 Å². The standard InChI is InChI=1S/C6H7N3O2/c7-6(8-10)5-2-1-3-9(11)4-5/h1-4H,(H3-,7,8,10,11)/p+1. The molecule has 0 spiro atoms. The van der Waals surface area contributed by atoms with Crippen molar-refractivity contribution in [2.24, 2.45) is 10.9 Å². The van der Waals surface area contributed by atoms with E-state index in [0.29, 0.717) is 5.56 Å². The Hall–Kier alpha value is -1.78. The quantitative estimate of drug-likeness (QED) is 0.125. The zero-order valence-electron chi connectivity index (χ0n) is 5.68. The van der Waals surface area contributed by atoms with Crippen LogP contribution in [0.25, 0.3) is 0 Å². The Kier molecular flexibility index (Phi) is 1.91. The summed E-state index contributed by atoms with van der Waals surface area (Å²) in [6.45, 7) is 0. The molecule has 0 amide bonds. The Morgan fingerprint density at radius 2 is 2.36 bits per heavy atom. The van der Waals surface area contributed by atoms with Gasteiger partial charge in [0.05, 0.1) is 5.56 Å². The summed E-state index contributed by atoms with van der Waals surface area (Å²) in [7, 11) is 0. The van der Waals surface area contributed by atoms with Gasteiger partial charge in [-0.3, -0.25) is 5.21 Å². The van der Waals surface area contributed by atoms with Crippen LogP contribution in [0.2, 0.25) is 0 Å². The molecular formula is C6H8N3O2+. The lowest BCUT2D eigenvalue weighted by molar-refractivity contribution is -0.904. The van der Waals surface area contributed by atoms with E-state index in [2.05, 4.69) is 5.16 Å². The van der Waals surface area contributed by atoms with Gasteiger partial charge in [-0.25, -0.2) is 0 Å². The van der Waals surface area contributed by atoms with Crippen LogP contribution in [0.5, 0.6) is 0 Å². The molecule has 0 aliphatic heterocycles. The van der Waals surface area contributed by atoms with Gasteiger partial charge >= 0.3 is 0 Å². The molecule has 0 atom stereocenters. The summed E-state index contributed by atoms with van der Waals surface area (Å²) in [6, 6.07) is 3.19. The molecule has 1 heterocycles. The fourth-order valence-corrected chi connectivity index (χ4v) is 0.673. The number of nitrogens with two attached hydrogens (primary N) is 1. The third kappa shape index (κ3) is 1.57. The van der Waals surface area contributed by atoms with Gasteiger partial charge in [0.2, 0.25) is 12.4 Å². The topological polar surface area (TPSA) is 82.7 Å². The molecule has 1 rings (SSSR count). The van der Waals surface area contributed by atoms with Crippen LogP contribution >= 0.6 is 0 Å². The zero-order valence-corrected chi connectivity index (χ0v) is 5.68. The molecule has 0 bridgehead atoms. The maximum Gasteiger partial charge on any atom is 0.233 e. The van der Waals surface area contributed by atoms with Gasteiger partial charge in [0, 0.05) is 10.8 Å². The summed E-state index contributed by atoms with van der Waals surface area (Å²) in [4.78, 5) is 0. The van der Waals surface area contributed by atoms with Gasteiger partial charge in [-0.1, -0.05) is 5.16 Å². The molecule has 0 fully saturated rings. The molecule has 5 heteroatoms. The number of oxime groups is 1. The molecule has 0 radical (unpaired) electrons. The van der Waals surface area contributed by atoms with E-state index >= 15 is 0 Å². The van der Waals surface area contributed by atoms with E-state index in [1.807, 2.05) is 0 Å². The molecule has 5 nitrogen and oxygen atoms in total. The molecule has 0 unspecified atom stereocenters. The van der Waals surface area contributed by atoms with E-state index in [-0.39, 0.29) is 5.84 Å². The lowest BCUT2D eigenvalue weighted by Crippen LogP contribution is -2.30. The van der Waals surface area contributed by atoms with Crippen molar-refractivity contribution in [2.75, 3.05) is 0 Å². The fraction of sp³-hybridized carbons (Fsp3) is 0. The lowest BCUT2D eigenvalue weighted by atomic mass is 10.3. The second kappa shape index (κ2) is 2.87. The highest BCUT2D eigenvalue weighted by Crippen LogP contribution is 1.91. The van der Waals surface area contributed by atoms with Crippen LogP contribution in [0.4, 0.5) is 0 Å². The average molecular weight is 154 g/mol. The van der Waals surface area contributed by atoms with Gasteiger partial charge in [0.1, 0.15) is 0 Å². The van der Waals surface area contributed by atoms with Crippen molar-refractivity contribution in [3.63, 3.8) is 0 Å². The van der Waals surface area contributed by atoms with E-state index in [0.717, 1.165) is 4.73 Å². The Labute approximate surface area is 63.0 Å². The second-order valence-corrected chi connectivity index (χ2v) is 1.96. The smallest absolute Gasteiger partial charge is 0.233 e. The molecule has 1 aromatic rings. The molecule has 0 aliphatic carbocycles. The first-order chi connectivity index (χ1) is 5.24. The maximum absolute atomic E-state index is 8.88. The molecule has 58 valence electrons. The van der Waals surface area contributed by atoms with Crippen LogP contribution in [-0.2, 0) is 0 Å². The number of amidine groups is 1. The van der Waals surface area contributed by atoms with Crippen molar-refractivity contribution in [1.82, 2.24) is 0 Å². The number of hydrogen-bond acceptors (Lipinski definition) is 3. The van der Waals surface area contributed by atoms with Gasteiger partial charge in [-0.05, 0) is 6.07 Å². The van der Waals surface area contributed by atoms with E-state index in [1.165, 1.54) is 12.4 Å². The second-order valence-electron chi connectivity index (χ2n) is 1.96. The van der Waals surface area contributed by atoms with Crippen molar-refractivity contribution in [1.29, 1.82) is 0 Å². The van der Waals surface area contributed by atoms with E-state index in [1.54, 1.807) is 12.1 Å². The van der Waals surface area contributed by atoms with Crippen molar-refractivity contribution in [2.45, 2.75) is 0 Å². The normalized spacial score (nSPS) is 11.5. The highest BCUT2D eigenvalue weighted by atomic mass is 16.5. The molecule has 0 aliphatic rings. The van der Waals surface area contributed by atoms with Crippen molar-refractivity contribution < 1.29 is 15.1 Å². The summed E-state index contributed by atoms with van der Waals surface area (Å²) in [5, 5.41) is 19.9. The highest BCUT2D eigenvalue weighted by Gasteiger charge is 2.03. The van der Waals surface area contributed by atoms with Crippen molar-refractivity contribution >= 4 is 5.84 Å². The lowest BCUT2D eigenvalue weighted by Gasteiger charge is -1.92. The Morgan fingerprint density at radius 3 is 2.91 bits per heavy atom. The third-order valence-corrected chi connectivity index (χ3v) is 1.19. The van der Waals surface area contributed by atoms with E-state index in [9.17, 15) is 0 Å². The minimum Gasteiger partial charge on any atom is -0.409 e. The van der Waals surface area contributed by atoms with Gasteiger partial charge < -0.3 is 10.9 Å². The monoisotopic (exact) mass is 154 g/mol. The first-order valence-electron chi connectivity index (χ1n) is 2.92. The first-order valence-corrected chi connectivity index (χ1v) is 2.92. The molecule has 0 aromatic carbocycles. The van der Waals surface area contributed by atoms with Crippen molar-refractivity contribution in [3.05, 3.63) is 30.1 Å². The molecule has 4 N–H and O–H groups in total. The number of nitrogens with zero attached hydrogens (tertiary/aromatic N) is 2. The molecule has 1 aromatic heterocycles. The van der Waals surface area contributed by atoms with Crippen LogP contribution in [0.15, 0.2) is 29.7 Å². The van der Waals surface area contributed by atoms with Gasteiger partial charge in [0.25, 0.3) is 0 Å². The van der Waals surface area contributed by atoms with Gasteiger partial charge in [-0.15, -0.1) is 0 Å². The third-order valence-electron chi connectivity index (χ3n) is 1.19. The summed E-state index contributed by atoms with van der Waals surface area (Å²) in [5.74, 6) is -0.0339. The first kappa shape index (κ1) is 7.33. The van der Waals surface area contributed by atoms with Gasteiger partial charge in [-0.2, -0.15) is 0 Å². The van der Waals surface area contributed by atoms with Crippen LogP contribution in [0.1, 0.15) is 5.56 Å². The molecule has 0 saturated carbocycles. The largest absolute Gasteiger partial charge is 0.409 e. The maximum atomic E-state index is 8.88. The van der Waals surface area contributed by atoms with E-state index < -0.39 is 0 Å². The molecular weight excluding hydrogens is 146 g/mol. The SMILES string of the molecule is N/C(=N\O)c1ccc[n+](O)c1. The average Bonchev–Trinajstić information content (AvgIpc) is 2.03. The summed E-state index contributed by atoms with van der Waals surface area (Å²) < 4.78 is 0.827. The minimum absolute atomic E-state index is 0.0339. The van der Waals surface area contributed by atoms with Crippen LogP contribution < -0.4 is 10.5 Å². The zero-order chi connectivity index (χ0) is 8.27. The van der Waals surface area contributed by atoms with E-state index in [4.69, 9.17) is 16.1 Å². The number of rotatable bonds is 1. The Morgan fingerprint density at radius 1 is 1.64 bits per heavy atom. The van der Waals surface area contributed by atoms with Gasteiger partial charge in [0.15, 0.2) is 5.84 Å². The number of hydrogen-bond donors (Lipinski definition) is 3. The minimum atomic E-state index is -0.0339. The predicted molar refractivity (Wildman–Crippen MR) is 36.3 cm³/mol. The summed E-state index contributed by atoms with van der Waals surface area (Å²) in [5.41, 5.74) is 5.69. The molecule has 11 heavy (non-hydrogen) atoms. The summed E-state index contributed by atoms with van der Waals surface area (Å²) in [6.07, 6.45) is 2.75. The Bertz CT molecular complexity index is 285. The highest BCUT2D eigenvalue weighted by molar-refractivity contribution is 5.96. The summed E-state index contributed by atoms with van der Waals surface area (Å²) >= 11 is 0.